The minimum atomic E-state index is -5.59. The van der Waals surface area contributed by atoms with Crippen LogP contribution in [0.4, 0.5) is 18.9 Å². The van der Waals surface area contributed by atoms with Crippen molar-refractivity contribution < 1.29 is 31.1 Å². The maximum absolute atomic E-state index is 12.7. The molecule has 0 spiro atoms. The molecule has 1 aromatic heterocycles. The molecule has 2 aromatic rings. The molecule has 1 amide bonds. The van der Waals surface area contributed by atoms with E-state index < -0.39 is 15.5 Å². The number of nitrogens with one attached hydrogen (secondary N) is 3. The van der Waals surface area contributed by atoms with Crippen molar-refractivity contribution in [1.82, 2.24) is 10.6 Å². The number of benzene rings is 1. The van der Waals surface area contributed by atoms with Crippen LogP contribution in [0, 0.1) is 0 Å². The molecule has 4 rings (SSSR count). The molecule has 2 bridgehead atoms. The molecule has 0 aliphatic carbocycles. The second-order valence-electron chi connectivity index (χ2n) is 7.13. The minimum Gasteiger partial charge on any atom is -0.444 e. The van der Waals surface area contributed by atoms with Gasteiger partial charge in [-0.15, -0.1) is 0 Å². The van der Waals surface area contributed by atoms with E-state index in [-0.39, 0.29) is 34.5 Å². The number of para-hydroxylation sites is 2. The van der Waals surface area contributed by atoms with Gasteiger partial charge in [-0.05, 0) is 43.5 Å². The van der Waals surface area contributed by atoms with Crippen LogP contribution in [0.5, 0.6) is 10.8 Å². The number of halogens is 3. The molecular formula is C18H18F3N3O4S2. The highest BCUT2D eigenvalue weighted by Crippen LogP contribution is 2.36. The Hall–Kier alpha value is -2.31. The summed E-state index contributed by atoms with van der Waals surface area (Å²) >= 11 is 1.02. The fraction of sp³-hybridized carbons (Fsp3) is 0.389. The molecule has 12 heteroatoms. The van der Waals surface area contributed by atoms with Crippen molar-refractivity contribution in [3.05, 3.63) is 41.3 Å². The monoisotopic (exact) mass is 461 g/mol. The number of alkyl halides is 3. The molecule has 7 nitrogen and oxygen atoms in total. The van der Waals surface area contributed by atoms with Crippen molar-refractivity contribution in [2.45, 2.75) is 42.9 Å². The topological polar surface area (TPSA) is 96.5 Å². The minimum absolute atomic E-state index is 0.0696. The first-order valence-electron chi connectivity index (χ1n) is 9.15. The molecule has 30 heavy (non-hydrogen) atoms. The zero-order valence-electron chi connectivity index (χ0n) is 15.4. The Morgan fingerprint density at radius 2 is 1.93 bits per heavy atom. The average molecular weight is 461 g/mol. The van der Waals surface area contributed by atoms with Crippen molar-refractivity contribution in [3.63, 3.8) is 0 Å². The van der Waals surface area contributed by atoms with Crippen LogP contribution in [0.1, 0.15) is 28.9 Å². The average Bonchev–Trinajstić information content (AvgIpc) is 3.39. The van der Waals surface area contributed by atoms with Crippen LogP contribution in [0.3, 0.4) is 0 Å². The largest absolute Gasteiger partial charge is 0.516 e. The fourth-order valence-corrected chi connectivity index (χ4v) is 5.02. The van der Waals surface area contributed by atoms with E-state index in [0.29, 0.717) is 10.9 Å². The normalized spacial score (nSPS) is 23.4. The Balaban J connectivity index is 1.45. The highest BCUT2D eigenvalue weighted by molar-refractivity contribution is 7.93. The summed E-state index contributed by atoms with van der Waals surface area (Å²) in [6, 6.07) is 9.20. The number of fused-ring (bicyclic) bond motifs is 2. The van der Waals surface area contributed by atoms with Crippen molar-refractivity contribution in [2.75, 3.05) is 4.72 Å². The third-order valence-corrected chi connectivity index (χ3v) is 7.13. The first kappa shape index (κ1) is 20.9. The van der Waals surface area contributed by atoms with Crippen molar-refractivity contribution in [2.24, 2.45) is 0 Å². The number of carbonyl (C=O) groups excluding carboxylic acids is 1. The van der Waals surface area contributed by atoms with Gasteiger partial charge >= 0.3 is 15.5 Å². The summed E-state index contributed by atoms with van der Waals surface area (Å²) in [5.74, 6) is -0.364. The Labute approximate surface area is 174 Å². The number of hydrogen-bond acceptors (Lipinski definition) is 6. The maximum atomic E-state index is 12.7. The van der Waals surface area contributed by atoms with E-state index in [1.165, 1.54) is 29.0 Å². The lowest BCUT2D eigenvalue weighted by molar-refractivity contribution is -0.0429. The predicted octanol–water partition coefficient (Wildman–Crippen LogP) is 3.42. The van der Waals surface area contributed by atoms with Gasteiger partial charge in [0, 0.05) is 18.1 Å². The summed E-state index contributed by atoms with van der Waals surface area (Å²) < 4.78 is 67.8. The van der Waals surface area contributed by atoms with Gasteiger partial charge in [-0.25, -0.2) is 0 Å². The third kappa shape index (κ3) is 4.25. The third-order valence-electron chi connectivity index (χ3n) is 5.07. The number of sulfonamides is 1. The molecule has 3 N–H and O–H groups in total. The van der Waals surface area contributed by atoms with Crippen LogP contribution in [0.15, 0.2) is 36.4 Å². The van der Waals surface area contributed by atoms with Gasteiger partial charge in [-0.2, -0.15) is 21.6 Å². The van der Waals surface area contributed by atoms with Gasteiger partial charge in [-0.3, -0.25) is 9.52 Å². The van der Waals surface area contributed by atoms with Crippen LogP contribution in [-0.2, 0) is 10.0 Å². The predicted molar refractivity (Wildman–Crippen MR) is 105 cm³/mol. The van der Waals surface area contributed by atoms with Gasteiger partial charge in [0.2, 0.25) is 0 Å². The Bertz CT molecular complexity index is 1050. The number of amides is 1. The molecule has 2 fully saturated rings. The summed E-state index contributed by atoms with van der Waals surface area (Å²) in [4.78, 5) is 12.9. The van der Waals surface area contributed by atoms with Crippen LogP contribution < -0.4 is 20.1 Å². The number of rotatable bonds is 6. The summed E-state index contributed by atoms with van der Waals surface area (Å²) in [6.07, 6.45) is 3.03. The second kappa shape index (κ2) is 7.75. The van der Waals surface area contributed by atoms with Crippen LogP contribution >= 0.6 is 11.3 Å². The smallest absolute Gasteiger partial charge is 0.444 e. The lowest BCUT2D eigenvalue weighted by Gasteiger charge is -2.20. The quantitative estimate of drug-likeness (QED) is 0.613. The summed E-state index contributed by atoms with van der Waals surface area (Å²) in [5.41, 5.74) is -5.81. The van der Waals surface area contributed by atoms with E-state index in [9.17, 15) is 26.4 Å². The summed E-state index contributed by atoms with van der Waals surface area (Å²) in [7, 11) is -5.59. The number of anilines is 1. The van der Waals surface area contributed by atoms with Crippen LogP contribution in [0.25, 0.3) is 0 Å². The van der Waals surface area contributed by atoms with Gasteiger partial charge in [0.1, 0.15) is 0 Å². The molecule has 2 aliphatic heterocycles. The second-order valence-corrected chi connectivity index (χ2v) is 9.85. The number of hydrogen-bond donors (Lipinski definition) is 3. The fourth-order valence-electron chi connectivity index (χ4n) is 3.67. The first-order chi connectivity index (χ1) is 14.1. The molecule has 1 aromatic carbocycles. The Kier molecular flexibility index (Phi) is 5.41. The first-order valence-corrected chi connectivity index (χ1v) is 11.4. The molecule has 0 unspecified atom stereocenters. The van der Waals surface area contributed by atoms with Crippen molar-refractivity contribution >= 4 is 33.0 Å². The van der Waals surface area contributed by atoms with E-state index in [4.69, 9.17) is 4.74 Å². The zero-order chi connectivity index (χ0) is 21.5. The number of thiophene rings is 1. The molecule has 2 saturated heterocycles. The lowest BCUT2D eigenvalue weighted by atomic mass is 9.95. The summed E-state index contributed by atoms with van der Waals surface area (Å²) in [5, 5.41) is 6.68. The molecule has 162 valence electrons. The lowest BCUT2D eigenvalue weighted by Crippen LogP contribution is -2.42. The molecular weight excluding hydrogens is 443 g/mol. The number of ether oxygens (including phenoxy) is 1. The van der Waals surface area contributed by atoms with Gasteiger partial charge in [0.05, 0.1) is 10.6 Å². The molecule has 3 heterocycles. The molecule has 3 atom stereocenters. The maximum Gasteiger partial charge on any atom is 0.516 e. The van der Waals surface area contributed by atoms with Crippen LogP contribution in [-0.4, -0.2) is 38.0 Å². The highest BCUT2D eigenvalue weighted by Gasteiger charge is 2.46. The standard InChI is InChI=1S/C18H18F3N3O4S2/c19-18(20,21)30(26,27)24-12-3-1-2-4-14(12)28-16-8-7-15(29-16)17(25)23-13-9-10-5-6-11(13)22-10/h1-4,7-8,10-11,13,22,24H,5-6,9H2,(H,23,25)/t10-,11+,13-/m1/s1. The molecule has 2 aliphatic rings. The van der Waals surface area contributed by atoms with Crippen LogP contribution in [0.2, 0.25) is 0 Å². The Morgan fingerprint density at radius 3 is 2.60 bits per heavy atom. The van der Waals surface area contributed by atoms with E-state index in [0.717, 1.165) is 36.7 Å². The van der Waals surface area contributed by atoms with E-state index in [1.807, 2.05) is 0 Å². The van der Waals surface area contributed by atoms with E-state index in [2.05, 4.69) is 10.6 Å². The van der Waals surface area contributed by atoms with Crippen molar-refractivity contribution in [3.8, 4) is 10.8 Å². The number of carbonyl (C=O) groups is 1. The molecule has 0 saturated carbocycles. The molecule has 0 radical (unpaired) electrons. The van der Waals surface area contributed by atoms with Gasteiger partial charge in [0.15, 0.2) is 10.8 Å². The van der Waals surface area contributed by atoms with Gasteiger partial charge < -0.3 is 15.4 Å². The van der Waals surface area contributed by atoms with E-state index in [1.54, 1.807) is 6.07 Å². The SMILES string of the molecule is O=C(N[C@@H]1C[C@H]2CC[C@@H]1N2)c1ccc(Oc2ccccc2NS(=O)(=O)C(F)(F)F)s1. The van der Waals surface area contributed by atoms with Gasteiger partial charge in [-0.1, -0.05) is 23.5 Å². The Morgan fingerprint density at radius 1 is 1.17 bits per heavy atom. The van der Waals surface area contributed by atoms with E-state index >= 15 is 0 Å². The van der Waals surface area contributed by atoms with Gasteiger partial charge in [0.25, 0.3) is 5.91 Å². The summed E-state index contributed by atoms with van der Waals surface area (Å²) in [6.45, 7) is 0. The highest BCUT2D eigenvalue weighted by atomic mass is 32.2. The zero-order valence-corrected chi connectivity index (χ0v) is 17.0. The van der Waals surface area contributed by atoms with Crippen molar-refractivity contribution in [1.29, 1.82) is 0 Å².